The fraction of sp³-hybridized carbons (Fsp3) is 0.909. The third-order valence-electron chi connectivity index (χ3n) is 3.06. The smallest absolute Gasteiger partial charge is 0.0726 e. The van der Waals surface area contributed by atoms with E-state index in [4.69, 9.17) is 5.26 Å². The molecule has 1 N–H and O–H groups in total. The summed E-state index contributed by atoms with van der Waals surface area (Å²) in [5.74, 6) is 0.268. The molecule has 1 aliphatic rings. The van der Waals surface area contributed by atoms with Gasteiger partial charge in [-0.15, -0.1) is 0 Å². The van der Waals surface area contributed by atoms with E-state index in [9.17, 15) is 5.11 Å². The van der Waals surface area contributed by atoms with Gasteiger partial charge in [0.1, 0.15) is 0 Å². The van der Waals surface area contributed by atoms with Crippen LogP contribution in [0.3, 0.4) is 0 Å². The van der Waals surface area contributed by atoms with Gasteiger partial charge < -0.3 is 5.11 Å². The van der Waals surface area contributed by atoms with Gasteiger partial charge >= 0.3 is 0 Å². The average Bonchev–Trinajstić information content (AvgIpc) is 2.65. The first-order valence-corrected chi connectivity index (χ1v) is 5.37. The van der Waals surface area contributed by atoms with E-state index in [1.165, 1.54) is 12.8 Å². The Bertz CT molecular complexity index is 179. The van der Waals surface area contributed by atoms with Crippen LogP contribution in [-0.2, 0) is 0 Å². The Morgan fingerprint density at radius 1 is 1.46 bits per heavy atom. The minimum atomic E-state index is -0.368. The lowest BCUT2D eigenvalue weighted by Crippen LogP contribution is -2.26. The molecule has 0 amide bonds. The van der Waals surface area contributed by atoms with Crippen molar-refractivity contribution >= 4 is 0 Å². The van der Waals surface area contributed by atoms with Gasteiger partial charge in [0.05, 0.1) is 18.1 Å². The predicted molar refractivity (Wildman–Crippen MR) is 52.0 cm³/mol. The van der Waals surface area contributed by atoms with E-state index in [-0.39, 0.29) is 12.0 Å². The monoisotopic (exact) mass is 181 g/mol. The molecule has 0 aromatic heterocycles. The van der Waals surface area contributed by atoms with E-state index >= 15 is 0 Å². The van der Waals surface area contributed by atoms with E-state index in [0.29, 0.717) is 5.92 Å². The second-order valence-corrected chi connectivity index (χ2v) is 4.06. The molecular formula is C11H19NO. The largest absolute Gasteiger partial charge is 0.391 e. The summed E-state index contributed by atoms with van der Waals surface area (Å²) in [4.78, 5) is 0. The highest BCUT2D eigenvalue weighted by atomic mass is 16.3. The maximum absolute atomic E-state index is 9.92. The molecule has 2 atom stereocenters. The van der Waals surface area contributed by atoms with Crippen LogP contribution in [0.5, 0.6) is 0 Å². The number of hydrogen-bond donors (Lipinski definition) is 1. The van der Waals surface area contributed by atoms with Crippen molar-refractivity contribution in [1.29, 1.82) is 5.26 Å². The second-order valence-electron chi connectivity index (χ2n) is 4.06. The van der Waals surface area contributed by atoms with Gasteiger partial charge in [0, 0.05) is 0 Å². The Hall–Kier alpha value is -0.550. The van der Waals surface area contributed by atoms with Gasteiger partial charge in [-0.25, -0.2) is 0 Å². The molecule has 74 valence electrons. The quantitative estimate of drug-likeness (QED) is 0.724. The first-order chi connectivity index (χ1) is 6.29. The Labute approximate surface area is 80.6 Å². The summed E-state index contributed by atoms with van der Waals surface area (Å²) in [6.45, 7) is 2.06. The fourth-order valence-electron chi connectivity index (χ4n) is 2.25. The van der Waals surface area contributed by atoms with Gasteiger partial charge in [0.25, 0.3) is 0 Å². The zero-order chi connectivity index (χ0) is 9.68. The molecule has 1 fully saturated rings. The van der Waals surface area contributed by atoms with Gasteiger partial charge in [0.15, 0.2) is 0 Å². The maximum Gasteiger partial charge on any atom is 0.0726 e. The Balaban J connectivity index is 2.43. The van der Waals surface area contributed by atoms with Crippen LogP contribution in [0.15, 0.2) is 0 Å². The summed E-state index contributed by atoms with van der Waals surface area (Å²) in [6.07, 6.45) is 6.15. The number of rotatable bonds is 4. The van der Waals surface area contributed by atoms with Crippen molar-refractivity contribution in [2.24, 2.45) is 11.8 Å². The lowest BCUT2D eigenvalue weighted by molar-refractivity contribution is 0.0704. The Morgan fingerprint density at radius 2 is 2.08 bits per heavy atom. The highest BCUT2D eigenvalue weighted by Crippen LogP contribution is 2.31. The van der Waals surface area contributed by atoms with Gasteiger partial charge in [-0.1, -0.05) is 26.2 Å². The van der Waals surface area contributed by atoms with Crippen molar-refractivity contribution in [3.63, 3.8) is 0 Å². The average molecular weight is 181 g/mol. The van der Waals surface area contributed by atoms with Crippen molar-refractivity contribution in [3.05, 3.63) is 0 Å². The van der Waals surface area contributed by atoms with Crippen molar-refractivity contribution < 1.29 is 5.11 Å². The van der Waals surface area contributed by atoms with E-state index in [2.05, 4.69) is 13.0 Å². The predicted octanol–water partition coefficient (Wildman–Crippen LogP) is 2.48. The zero-order valence-electron chi connectivity index (χ0n) is 8.37. The van der Waals surface area contributed by atoms with Gasteiger partial charge in [-0.05, 0) is 25.2 Å². The van der Waals surface area contributed by atoms with Crippen LogP contribution in [-0.4, -0.2) is 11.2 Å². The van der Waals surface area contributed by atoms with Crippen LogP contribution in [0, 0.1) is 23.2 Å². The van der Waals surface area contributed by atoms with E-state index in [1.54, 1.807) is 0 Å². The molecule has 2 heteroatoms. The number of aliphatic hydroxyl groups is 1. The molecule has 1 saturated carbocycles. The third kappa shape index (κ3) is 2.70. The van der Waals surface area contributed by atoms with Crippen LogP contribution < -0.4 is 0 Å². The van der Waals surface area contributed by atoms with Crippen LogP contribution in [0.1, 0.15) is 45.4 Å². The Kier molecular flexibility index (Phi) is 4.24. The summed E-state index contributed by atoms with van der Waals surface area (Å²) >= 11 is 0. The molecule has 1 aliphatic carbocycles. The molecule has 0 aromatic carbocycles. The molecule has 0 aliphatic heterocycles. The zero-order valence-corrected chi connectivity index (χ0v) is 8.37. The van der Waals surface area contributed by atoms with Crippen LogP contribution in [0.25, 0.3) is 0 Å². The normalized spacial score (nSPS) is 22.5. The van der Waals surface area contributed by atoms with Gasteiger partial charge in [-0.3, -0.25) is 0 Å². The molecule has 0 radical (unpaired) electrons. The highest BCUT2D eigenvalue weighted by molar-refractivity contribution is 4.92. The summed E-state index contributed by atoms with van der Waals surface area (Å²) < 4.78 is 0. The molecule has 1 rings (SSSR count). The number of hydrogen-bond acceptors (Lipinski definition) is 2. The third-order valence-corrected chi connectivity index (χ3v) is 3.06. The summed E-state index contributed by atoms with van der Waals surface area (Å²) in [5.41, 5.74) is 0. The lowest BCUT2D eigenvalue weighted by Gasteiger charge is -2.21. The van der Waals surface area contributed by atoms with Crippen molar-refractivity contribution in [3.8, 4) is 6.07 Å². The van der Waals surface area contributed by atoms with Crippen LogP contribution in [0.4, 0.5) is 0 Å². The molecule has 2 nitrogen and oxygen atoms in total. The van der Waals surface area contributed by atoms with Crippen molar-refractivity contribution in [1.82, 2.24) is 0 Å². The topological polar surface area (TPSA) is 44.0 Å². The van der Waals surface area contributed by atoms with Crippen LogP contribution in [0.2, 0.25) is 0 Å². The molecule has 0 heterocycles. The van der Waals surface area contributed by atoms with E-state index in [0.717, 1.165) is 25.7 Å². The molecule has 0 bridgehead atoms. The number of aliphatic hydroxyl groups excluding tert-OH is 1. The first kappa shape index (κ1) is 10.5. The molecule has 13 heavy (non-hydrogen) atoms. The maximum atomic E-state index is 9.92. The molecular weight excluding hydrogens is 162 g/mol. The van der Waals surface area contributed by atoms with Crippen molar-refractivity contribution in [2.75, 3.05) is 0 Å². The standard InChI is InChI=1S/C11H19NO/c1-2-5-10(8-12)11(13)9-6-3-4-7-9/h9-11,13H,2-7H2,1H3. The van der Waals surface area contributed by atoms with E-state index < -0.39 is 0 Å². The molecule has 2 unspecified atom stereocenters. The summed E-state index contributed by atoms with van der Waals surface area (Å²) in [7, 11) is 0. The van der Waals surface area contributed by atoms with Gasteiger partial charge in [0.2, 0.25) is 0 Å². The summed E-state index contributed by atoms with van der Waals surface area (Å²) in [5, 5.41) is 18.8. The highest BCUT2D eigenvalue weighted by Gasteiger charge is 2.29. The van der Waals surface area contributed by atoms with Gasteiger partial charge in [-0.2, -0.15) is 5.26 Å². The minimum absolute atomic E-state index is 0.131. The first-order valence-electron chi connectivity index (χ1n) is 5.37. The fourth-order valence-corrected chi connectivity index (χ4v) is 2.25. The van der Waals surface area contributed by atoms with E-state index in [1.807, 2.05) is 0 Å². The minimum Gasteiger partial charge on any atom is -0.391 e. The van der Waals surface area contributed by atoms with Crippen molar-refractivity contribution in [2.45, 2.75) is 51.6 Å². The summed E-state index contributed by atoms with van der Waals surface area (Å²) in [6, 6.07) is 2.23. The number of nitrogens with zero attached hydrogens (tertiary/aromatic N) is 1. The SMILES string of the molecule is CCCC(C#N)C(O)C1CCCC1. The van der Waals surface area contributed by atoms with Crippen LogP contribution >= 0.6 is 0 Å². The second kappa shape index (κ2) is 5.24. The molecule has 0 spiro atoms. The Morgan fingerprint density at radius 3 is 2.54 bits per heavy atom. The number of nitriles is 1. The lowest BCUT2D eigenvalue weighted by atomic mass is 9.88. The molecule has 0 saturated heterocycles. The molecule has 0 aromatic rings.